The molecule has 2 aromatic heterocycles. The third kappa shape index (κ3) is 12.2. The monoisotopic (exact) mass is 910 g/mol. The highest BCUT2D eigenvalue weighted by atomic mass is 79.9. The molecule has 14 nitrogen and oxygen atoms in total. The molecule has 4 atom stereocenters. The van der Waals surface area contributed by atoms with Crippen molar-refractivity contribution in [2.24, 2.45) is 0 Å². The van der Waals surface area contributed by atoms with Crippen LogP contribution in [0, 0.1) is 0 Å². The second kappa shape index (κ2) is 19.2. The molecule has 58 heavy (non-hydrogen) atoms. The van der Waals surface area contributed by atoms with E-state index in [2.05, 4.69) is 36.3 Å². The number of hydrogen-bond donors (Lipinski definition) is 2. The zero-order valence-corrected chi connectivity index (χ0v) is 37.3. The van der Waals surface area contributed by atoms with E-state index in [0.29, 0.717) is 11.0 Å². The maximum absolute atomic E-state index is 14.0. The van der Waals surface area contributed by atoms with Crippen LogP contribution in [0.4, 0.5) is 18.4 Å². The van der Waals surface area contributed by atoms with E-state index in [1.54, 1.807) is 92.4 Å². The summed E-state index contributed by atoms with van der Waals surface area (Å²) in [5.41, 5.74) is 2.63. The van der Waals surface area contributed by atoms with E-state index in [9.17, 15) is 28.4 Å². The second-order valence-electron chi connectivity index (χ2n) is 16.2. The van der Waals surface area contributed by atoms with Crippen molar-refractivity contribution in [3.63, 3.8) is 0 Å². The molecule has 316 valence electrons. The fourth-order valence-electron chi connectivity index (χ4n) is 6.31. The number of ether oxygens (including phenoxy) is 4. The van der Waals surface area contributed by atoms with Crippen LogP contribution in [0.25, 0.3) is 10.6 Å². The van der Waals surface area contributed by atoms with Crippen molar-refractivity contribution in [3.05, 3.63) is 74.6 Å². The van der Waals surface area contributed by atoms with Gasteiger partial charge in [-0.25, -0.2) is 18.4 Å². The molecule has 0 aliphatic carbocycles. The summed E-state index contributed by atoms with van der Waals surface area (Å²) in [6.45, 7) is 15.9. The van der Waals surface area contributed by atoms with Crippen LogP contribution >= 0.6 is 38.6 Å². The Morgan fingerprint density at radius 2 is 1.17 bits per heavy atom. The molecule has 4 heterocycles. The number of amides is 2. The van der Waals surface area contributed by atoms with E-state index < -0.39 is 79.6 Å². The zero-order chi connectivity index (χ0) is 43.2. The second-order valence-corrected chi connectivity index (χ2v) is 19.2. The van der Waals surface area contributed by atoms with Gasteiger partial charge in [0, 0.05) is 5.56 Å². The number of aromatic nitrogens is 4. The SMILES string of the molecule is Brc1nncs1.CC(C)(C)OC(=O)N1[C@H](CF)[C@@H](c2ccc(-c3nncs3)cc2)OC1(C)C.CC(C)(C)OC(=O)N1[C@H](CF)[C@@H](c2ccc(B(O)O)cc2)OC1(C)C. The van der Waals surface area contributed by atoms with Crippen molar-refractivity contribution in [3.8, 4) is 10.6 Å². The van der Waals surface area contributed by atoms with Crippen molar-refractivity contribution >= 4 is 63.4 Å². The highest BCUT2D eigenvalue weighted by molar-refractivity contribution is 9.11. The lowest BCUT2D eigenvalue weighted by molar-refractivity contribution is -0.0807. The molecule has 0 bridgehead atoms. The number of halogens is 3. The molecular formula is C38H50BBrF2N6O8S2. The molecule has 0 spiro atoms. The molecule has 4 aromatic rings. The number of carbonyl (C=O) groups excluding carboxylic acids is 2. The van der Waals surface area contributed by atoms with Crippen molar-refractivity contribution < 1.29 is 47.4 Å². The van der Waals surface area contributed by atoms with Crippen LogP contribution in [0.3, 0.4) is 0 Å². The first kappa shape index (κ1) is 47.0. The molecule has 0 radical (unpaired) electrons. The maximum atomic E-state index is 14.0. The van der Waals surface area contributed by atoms with Crippen LogP contribution in [0.5, 0.6) is 0 Å². The van der Waals surface area contributed by atoms with Crippen LogP contribution in [-0.4, -0.2) is 108 Å². The predicted octanol–water partition coefficient (Wildman–Crippen LogP) is 7.64. The highest BCUT2D eigenvalue weighted by Gasteiger charge is 2.53. The van der Waals surface area contributed by atoms with Crippen molar-refractivity contribution in [2.45, 2.75) is 116 Å². The maximum Gasteiger partial charge on any atom is 0.488 e. The molecular weight excluding hydrogens is 861 g/mol. The Kier molecular flexibility index (Phi) is 15.5. The highest BCUT2D eigenvalue weighted by Crippen LogP contribution is 2.43. The van der Waals surface area contributed by atoms with Gasteiger partial charge in [0.05, 0.1) is 12.1 Å². The van der Waals surface area contributed by atoms with Gasteiger partial charge in [-0.3, -0.25) is 9.80 Å². The third-order valence-corrected chi connectivity index (χ3v) is 10.5. The third-order valence-electron chi connectivity index (χ3n) is 8.59. The number of carbonyl (C=O) groups is 2. The minimum atomic E-state index is -1.58. The fourth-order valence-corrected chi connectivity index (χ4v) is 7.48. The van der Waals surface area contributed by atoms with Crippen LogP contribution in [0.15, 0.2) is 63.5 Å². The molecule has 2 aromatic carbocycles. The normalized spacial score (nSPS) is 21.0. The molecule has 2 aliphatic heterocycles. The average Bonchev–Trinajstić information content (AvgIpc) is 3.93. The topological polar surface area (TPSA) is 170 Å². The summed E-state index contributed by atoms with van der Waals surface area (Å²) in [4.78, 5) is 27.9. The molecule has 2 amide bonds. The number of hydrogen-bond acceptors (Lipinski definition) is 14. The van der Waals surface area contributed by atoms with Crippen molar-refractivity contribution in [2.75, 3.05) is 13.3 Å². The average molecular weight is 912 g/mol. The lowest BCUT2D eigenvalue weighted by atomic mass is 9.80. The molecule has 6 rings (SSSR count). The minimum absolute atomic E-state index is 0.321. The molecule has 2 N–H and O–H groups in total. The Hall–Kier alpha value is -3.66. The van der Waals surface area contributed by atoms with Crippen LogP contribution in [0.2, 0.25) is 0 Å². The van der Waals surface area contributed by atoms with Gasteiger partial charge in [0.2, 0.25) is 0 Å². The molecule has 0 saturated carbocycles. The standard InChI is InChI=1S/C19H24FN3O3S.C17H25BFNO5.C2HBrN2S/c1-18(2,3)26-17(24)23-14(10-20)15(25-19(23,4)5)12-6-8-13(9-7-12)16-22-21-11-27-16;1-16(2,3)25-15(21)20-13(10-19)14(24-17(20,4)5)11-6-8-12(9-7-11)18(22)23;3-2-5-4-1-6-2/h6-9,11,14-15H,10H2,1-5H3;6-9,13-14,22-23H,10H2,1-5H3;1H/t14-,15-;13-,14-;/m11./s1. The van der Waals surface area contributed by atoms with Gasteiger partial charge in [-0.05, 0) is 102 Å². The zero-order valence-electron chi connectivity index (χ0n) is 34.1. The first-order chi connectivity index (χ1) is 27.0. The molecule has 2 fully saturated rings. The molecule has 0 unspecified atom stereocenters. The summed E-state index contributed by atoms with van der Waals surface area (Å²) in [6, 6.07) is 12.3. The molecule has 20 heteroatoms. The van der Waals surface area contributed by atoms with E-state index in [1.165, 1.54) is 44.6 Å². The van der Waals surface area contributed by atoms with Crippen LogP contribution in [0.1, 0.15) is 92.6 Å². The van der Waals surface area contributed by atoms with Gasteiger partial charge in [-0.2, -0.15) is 0 Å². The van der Waals surface area contributed by atoms with E-state index >= 15 is 0 Å². The van der Waals surface area contributed by atoms with Gasteiger partial charge in [0.1, 0.15) is 64.2 Å². The van der Waals surface area contributed by atoms with Gasteiger partial charge in [-0.1, -0.05) is 71.2 Å². The summed E-state index contributed by atoms with van der Waals surface area (Å²) < 4.78 is 51.5. The Balaban J connectivity index is 0.000000224. The minimum Gasteiger partial charge on any atom is -0.444 e. The Labute approximate surface area is 354 Å². The molecule has 2 aliphatic rings. The number of alkyl halides is 2. The largest absolute Gasteiger partial charge is 0.488 e. The summed E-state index contributed by atoms with van der Waals surface area (Å²) in [5, 5.41) is 34.2. The Bertz CT molecular complexity index is 1920. The Morgan fingerprint density at radius 3 is 1.48 bits per heavy atom. The van der Waals surface area contributed by atoms with Gasteiger partial charge in [0.15, 0.2) is 3.92 Å². The van der Waals surface area contributed by atoms with E-state index in [0.717, 1.165) is 20.1 Å². The van der Waals surface area contributed by atoms with Gasteiger partial charge in [-0.15, -0.1) is 20.4 Å². The van der Waals surface area contributed by atoms with E-state index in [-0.39, 0.29) is 0 Å². The first-order valence-corrected chi connectivity index (χ1v) is 20.8. The lowest BCUT2D eigenvalue weighted by Gasteiger charge is -2.34. The summed E-state index contributed by atoms with van der Waals surface area (Å²) in [6.07, 6.45) is -2.48. The number of rotatable bonds is 6. The fraction of sp³-hybridized carbons (Fsp3) is 0.526. The molecule has 2 saturated heterocycles. The first-order valence-electron chi connectivity index (χ1n) is 18.2. The van der Waals surface area contributed by atoms with Crippen LogP contribution < -0.4 is 5.46 Å². The van der Waals surface area contributed by atoms with Gasteiger partial charge in [0.25, 0.3) is 0 Å². The smallest absolute Gasteiger partial charge is 0.444 e. The number of nitrogens with zero attached hydrogens (tertiary/aromatic N) is 6. The van der Waals surface area contributed by atoms with Crippen molar-refractivity contribution in [1.29, 1.82) is 0 Å². The van der Waals surface area contributed by atoms with Crippen LogP contribution in [-0.2, 0) is 18.9 Å². The van der Waals surface area contributed by atoms with E-state index in [4.69, 9.17) is 18.9 Å². The predicted molar refractivity (Wildman–Crippen MR) is 221 cm³/mol. The number of benzene rings is 2. The summed E-state index contributed by atoms with van der Waals surface area (Å²) in [5.74, 6) is 0. The van der Waals surface area contributed by atoms with Gasteiger partial charge >= 0.3 is 19.3 Å². The summed E-state index contributed by atoms with van der Waals surface area (Å²) >= 11 is 6.04. The Morgan fingerprint density at radius 1 is 0.759 bits per heavy atom. The summed E-state index contributed by atoms with van der Waals surface area (Å²) in [7, 11) is -1.58. The van der Waals surface area contributed by atoms with E-state index in [1.807, 2.05) is 24.3 Å². The lowest BCUT2D eigenvalue weighted by Crippen LogP contribution is -2.50. The van der Waals surface area contributed by atoms with Crippen molar-refractivity contribution in [1.82, 2.24) is 30.2 Å². The quantitative estimate of drug-likeness (QED) is 0.182. The van der Waals surface area contributed by atoms with Gasteiger partial charge < -0.3 is 29.0 Å².